The van der Waals surface area contributed by atoms with Crippen molar-refractivity contribution in [2.24, 2.45) is 0 Å². The van der Waals surface area contributed by atoms with E-state index in [2.05, 4.69) is 15.3 Å². The molecule has 1 atom stereocenters. The molecule has 45 heavy (non-hydrogen) atoms. The van der Waals surface area contributed by atoms with Crippen molar-refractivity contribution in [3.8, 4) is 33.3 Å². The second-order valence-electron chi connectivity index (χ2n) is 10.8. The lowest BCUT2D eigenvalue weighted by Gasteiger charge is -2.32. The summed E-state index contributed by atoms with van der Waals surface area (Å²) in [7, 11) is 0. The Morgan fingerprint density at radius 1 is 1.22 bits per heavy atom. The van der Waals surface area contributed by atoms with Crippen molar-refractivity contribution < 1.29 is 22.7 Å². The molecule has 0 bridgehead atoms. The van der Waals surface area contributed by atoms with Crippen molar-refractivity contribution >= 4 is 34.9 Å². The molecule has 1 aliphatic heterocycles. The summed E-state index contributed by atoms with van der Waals surface area (Å²) in [5.41, 5.74) is 1.16. The summed E-state index contributed by atoms with van der Waals surface area (Å²) in [5.74, 6) is 0.235. The maximum atomic E-state index is 14.4. The number of halogens is 4. The van der Waals surface area contributed by atoms with Gasteiger partial charge in [0.05, 0.1) is 39.8 Å². The van der Waals surface area contributed by atoms with Crippen molar-refractivity contribution in [1.29, 1.82) is 0 Å². The molecule has 0 spiro atoms. The lowest BCUT2D eigenvalue weighted by atomic mass is 10.0. The number of nitrogens with zero attached hydrogens (tertiary/aromatic N) is 4. The molecule has 4 heterocycles. The van der Waals surface area contributed by atoms with Crippen LogP contribution in [-0.2, 0) is 6.18 Å². The molecule has 236 valence electrons. The van der Waals surface area contributed by atoms with E-state index in [-0.39, 0.29) is 33.1 Å². The van der Waals surface area contributed by atoms with Gasteiger partial charge >= 0.3 is 6.18 Å². The van der Waals surface area contributed by atoms with E-state index in [9.17, 15) is 22.8 Å². The fourth-order valence-corrected chi connectivity index (χ4v) is 6.10. The second kappa shape index (κ2) is 13.2. The maximum Gasteiger partial charge on any atom is 0.433 e. The van der Waals surface area contributed by atoms with E-state index in [1.807, 2.05) is 27.7 Å². The van der Waals surface area contributed by atoms with Gasteiger partial charge in [-0.25, -0.2) is 4.98 Å². The maximum absolute atomic E-state index is 14.4. The van der Waals surface area contributed by atoms with Crippen LogP contribution in [0.25, 0.3) is 33.6 Å². The number of thiazole rings is 1. The zero-order valence-electron chi connectivity index (χ0n) is 25.0. The lowest BCUT2D eigenvalue weighted by Crippen LogP contribution is -2.51. The minimum atomic E-state index is -4.57. The van der Waals surface area contributed by atoms with E-state index >= 15 is 0 Å². The number of carbonyl (C=O) groups excluding carboxylic acids is 1. The van der Waals surface area contributed by atoms with Crippen molar-refractivity contribution in [2.75, 3.05) is 26.2 Å². The van der Waals surface area contributed by atoms with Gasteiger partial charge in [0.25, 0.3) is 11.5 Å². The number of alkyl halides is 3. The van der Waals surface area contributed by atoms with Gasteiger partial charge in [-0.2, -0.15) is 13.2 Å². The number of nitrogens with one attached hydrogen (secondary N) is 1. The molecular formula is C32H31ClF3N5O3S. The van der Waals surface area contributed by atoms with Crippen LogP contribution in [0, 0.1) is 0 Å². The van der Waals surface area contributed by atoms with Gasteiger partial charge in [0.1, 0.15) is 16.5 Å². The minimum absolute atomic E-state index is 0.0798. The summed E-state index contributed by atoms with van der Waals surface area (Å²) < 4.78 is 46.3. The molecule has 0 radical (unpaired) electrons. The van der Waals surface area contributed by atoms with E-state index in [1.54, 1.807) is 40.6 Å². The molecule has 0 unspecified atom stereocenters. The first-order valence-electron chi connectivity index (χ1n) is 14.3. The van der Waals surface area contributed by atoms with Gasteiger partial charge in [0.2, 0.25) is 0 Å². The first-order valence-corrected chi connectivity index (χ1v) is 15.5. The number of ether oxygens (including phenoxy) is 1. The average molecular weight is 658 g/mol. The summed E-state index contributed by atoms with van der Waals surface area (Å²) in [6.45, 7) is 9.54. The molecule has 1 amide bonds. The van der Waals surface area contributed by atoms with Crippen LogP contribution in [0.4, 0.5) is 13.2 Å². The van der Waals surface area contributed by atoms with Gasteiger partial charge in [0.15, 0.2) is 0 Å². The molecule has 0 saturated carbocycles. The van der Waals surface area contributed by atoms with Gasteiger partial charge in [-0.15, -0.1) is 11.3 Å². The number of hydrogen-bond acceptors (Lipinski definition) is 7. The average Bonchev–Trinajstić information content (AvgIpc) is 3.48. The van der Waals surface area contributed by atoms with Crippen LogP contribution in [0.15, 0.2) is 58.3 Å². The van der Waals surface area contributed by atoms with E-state index in [0.717, 1.165) is 29.2 Å². The quantitative estimate of drug-likeness (QED) is 0.231. The number of rotatable bonds is 7. The Morgan fingerprint density at radius 3 is 2.64 bits per heavy atom. The summed E-state index contributed by atoms with van der Waals surface area (Å²) >= 11 is 7.83. The Kier molecular flexibility index (Phi) is 9.47. The SMILES string of the molecule is CCOc1ccc(Cl)c(-n2c(C=C(C)C)c(C(=O)N3CCN[C@H](C)C3)cc(-c3nc(-c4ccc(C(F)(F)F)nc4)cs3)c2=O)c1. The van der Waals surface area contributed by atoms with Gasteiger partial charge in [-0.3, -0.25) is 19.1 Å². The number of piperazine rings is 1. The van der Waals surface area contributed by atoms with Crippen molar-refractivity contribution in [3.63, 3.8) is 0 Å². The normalized spacial score (nSPS) is 15.2. The van der Waals surface area contributed by atoms with Gasteiger partial charge < -0.3 is 15.0 Å². The molecule has 4 aromatic rings. The Labute approximate surface area is 267 Å². The highest BCUT2D eigenvalue weighted by Crippen LogP contribution is 2.34. The monoisotopic (exact) mass is 657 g/mol. The summed E-state index contributed by atoms with van der Waals surface area (Å²) in [4.78, 5) is 38.5. The highest BCUT2D eigenvalue weighted by Gasteiger charge is 2.32. The van der Waals surface area contributed by atoms with Crippen LogP contribution in [0.5, 0.6) is 5.75 Å². The second-order valence-corrected chi connectivity index (χ2v) is 12.1. The molecule has 1 aliphatic rings. The molecule has 1 fully saturated rings. The fraction of sp³-hybridized carbons (Fsp3) is 0.312. The largest absolute Gasteiger partial charge is 0.494 e. The zero-order chi connectivity index (χ0) is 32.5. The molecule has 1 aromatic carbocycles. The Morgan fingerprint density at radius 2 is 2.00 bits per heavy atom. The number of hydrogen-bond donors (Lipinski definition) is 1. The zero-order valence-corrected chi connectivity index (χ0v) is 26.6. The topological polar surface area (TPSA) is 89.3 Å². The first-order chi connectivity index (χ1) is 21.4. The Hall–Kier alpha value is -4.00. The Bertz CT molecular complexity index is 1810. The summed E-state index contributed by atoms with van der Waals surface area (Å²) in [6.07, 6.45) is -1.71. The first kappa shape index (κ1) is 32.4. The lowest BCUT2D eigenvalue weighted by molar-refractivity contribution is -0.141. The highest BCUT2D eigenvalue weighted by molar-refractivity contribution is 7.13. The number of pyridine rings is 2. The van der Waals surface area contributed by atoms with Crippen LogP contribution in [0.3, 0.4) is 0 Å². The van der Waals surface area contributed by atoms with Crippen molar-refractivity contribution in [1.82, 2.24) is 24.8 Å². The summed E-state index contributed by atoms with van der Waals surface area (Å²) in [6, 6.07) is 8.78. The van der Waals surface area contributed by atoms with E-state index in [1.165, 1.54) is 10.6 Å². The van der Waals surface area contributed by atoms with Crippen LogP contribution in [0.2, 0.25) is 5.02 Å². The third kappa shape index (κ3) is 6.98. The fourth-order valence-electron chi connectivity index (χ4n) is 5.06. The van der Waals surface area contributed by atoms with E-state index < -0.39 is 17.4 Å². The van der Waals surface area contributed by atoms with E-state index in [0.29, 0.717) is 54.6 Å². The predicted octanol–water partition coefficient (Wildman–Crippen LogP) is 6.95. The highest BCUT2D eigenvalue weighted by atomic mass is 35.5. The van der Waals surface area contributed by atoms with Crippen LogP contribution < -0.4 is 15.6 Å². The molecule has 0 aliphatic carbocycles. The van der Waals surface area contributed by atoms with Crippen molar-refractivity contribution in [2.45, 2.75) is 39.9 Å². The molecule has 8 nitrogen and oxygen atoms in total. The molecule has 3 aromatic heterocycles. The van der Waals surface area contributed by atoms with Gasteiger partial charge in [0, 0.05) is 48.9 Å². The number of carbonyl (C=O) groups is 1. The molecular weight excluding hydrogens is 627 g/mol. The standard InChI is InChI=1S/C32H31ClF3N5O3S/c1-5-44-21-7-8-24(33)27(13-21)41-26(12-18(2)3)22(30(42)40-11-10-37-19(4)16-40)14-23(31(41)43)29-39-25(17-45-29)20-6-9-28(38-15-20)32(34,35)36/h6-9,12-15,17,19,37H,5,10-11,16H2,1-4H3/t19-/m1/s1. The predicted molar refractivity (Wildman–Crippen MR) is 170 cm³/mol. The molecule has 1 saturated heterocycles. The van der Waals surface area contributed by atoms with E-state index in [4.69, 9.17) is 16.3 Å². The van der Waals surface area contributed by atoms with Gasteiger partial charge in [-0.1, -0.05) is 17.2 Å². The molecule has 1 N–H and O–H groups in total. The summed E-state index contributed by atoms with van der Waals surface area (Å²) in [5, 5.41) is 5.52. The smallest absolute Gasteiger partial charge is 0.433 e. The molecule has 5 rings (SSSR count). The third-order valence-corrected chi connectivity index (χ3v) is 8.30. The number of allylic oxidation sites excluding steroid dienone is 1. The number of benzene rings is 1. The van der Waals surface area contributed by atoms with Crippen molar-refractivity contribution in [3.05, 3.63) is 85.9 Å². The number of aromatic nitrogens is 3. The minimum Gasteiger partial charge on any atom is -0.494 e. The number of amides is 1. The van der Waals surface area contributed by atoms with Gasteiger partial charge in [-0.05, 0) is 64.1 Å². The van der Waals surface area contributed by atoms with Crippen LogP contribution in [0.1, 0.15) is 49.4 Å². The third-order valence-electron chi connectivity index (χ3n) is 7.10. The molecule has 13 heteroatoms. The van der Waals surface area contributed by atoms with Crippen LogP contribution in [-0.4, -0.2) is 57.6 Å². The Balaban J connectivity index is 1.74. The van der Waals surface area contributed by atoms with Crippen LogP contribution >= 0.6 is 22.9 Å².